The van der Waals surface area contributed by atoms with Gasteiger partial charge in [-0.3, -0.25) is 4.79 Å². The van der Waals surface area contributed by atoms with Gasteiger partial charge in [-0.05, 0) is 57.0 Å². The molecule has 2 aromatic rings. The fourth-order valence-electron chi connectivity index (χ4n) is 4.43. The SMILES string of the molecule is CC1CCCCN1C(=O)Cn1c2c(c3cc(Cl)ccc31)CN(C)CC2. The van der Waals surface area contributed by atoms with E-state index < -0.39 is 0 Å². The molecule has 5 heteroatoms. The largest absolute Gasteiger partial charge is 0.338 e. The Bertz CT molecular complexity index is 813. The van der Waals surface area contributed by atoms with E-state index in [0.29, 0.717) is 12.6 Å². The van der Waals surface area contributed by atoms with Crippen molar-refractivity contribution in [1.82, 2.24) is 14.4 Å². The molecule has 1 unspecified atom stereocenters. The number of nitrogens with zero attached hydrogens (tertiary/aromatic N) is 3. The molecule has 4 rings (SSSR count). The number of carbonyl (C=O) groups excluding carboxylic acids is 1. The van der Waals surface area contributed by atoms with Crippen molar-refractivity contribution in [3.8, 4) is 0 Å². The van der Waals surface area contributed by atoms with Crippen LogP contribution in [0.1, 0.15) is 37.4 Å². The van der Waals surface area contributed by atoms with E-state index in [-0.39, 0.29) is 5.91 Å². The van der Waals surface area contributed by atoms with Gasteiger partial charge in [-0.2, -0.15) is 0 Å². The van der Waals surface area contributed by atoms with Crippen molar-refractivity contribution in [3.05, 3.63) is 34.5 Å². The Kier molecular flexibility index (Phi) is 4.50. The topological polar surface area (TPSA) is 28.5 Å². The summed E-state index contributed by atoms with van der Waals surface area (Å²) in [5.74, 6) is 0.251. The van der Waals surface area contributed by atoms with Crippen LogP contribution in [-0.4, -0.2) is 46.5 Å². The van der Waals surface area contributed by atoms with E-state index in [0.717, 1.165) is 49.4 Å². The third kappa shape index (κ3) is 3.06. The molecular weight excluding hydrogens is 334 g/mol. The molecule has 0 saturated carbocycles. The van der Waals surface area contributed by atoms with E-state index in [1.165, 1.54) is 23.1 Å². The maximum atomic E-state index is 13.0. The van der Waals surface area contributed by atoms with E-state index in [2.05, 4.69) is 40.5 Å². The molecule has 1 fully saturated rings. The smallest absolute Gasteiger partial charge is 0.242 e. The highest BCUT2D eigenvalue weighted by Crippen LogP contribution is 2.32. The van der Waals surface area contributed by atoms with Crippen LogP contribution < -0.4 is 0 Å². The lowest BCUT2D eigenvalue weighted by molar-refractivity contribution is -0.135. The number of aromatic nitrogens is 1. The van der Waals surface area contributed by atoms with Crippen LogP contribution >= 0.6 is 11.6 Å². The quantitative estimate of drug-likeness (QED) is 0.818. The summed E-state index contributed by atoms with van der Waals surface area (Å²) < 4.78 is 2.25. The van der Waals surface area contributed by atoms with E-state index in [9.17, 15) is 4.79 Å². The molecule has 4 nitrogen and oxygen atoms in total. The second-order valence-electron chi connectivity index (χ2n) is 7.59. The summed E-state index contributed by atoms with van der Waals surface area (Å²) in [6.45, 7) is 5.48. The summed E-state index contributed by atoms with van der Waals surface area (Å²) in [4.78, 5) is 17.4. The number of benzene rings is 1. The third-order valence-electron chi connectivity index (χ3n) is 5.82. The molecule has 1 atom stereocenters. The minimum Gasteiger partial charge on any atom is -0.338 e. The number of halogens is 1. The van der Waals surface area contributed by atoms with E-state index in [1.807, 2.05) is 6.07 Å². The van der Waals surface area contributed by atoms with Crippen molar-refractivity contribution in [1.29, 1.82) is 0 Å². The predicted octanol–water partition coefficient (Wildman–Crippen LogP) is 3.68. The minimum absolute atomic E-state index is 0.251. The highest BCUT2D eigenvalue weighted by Gasteiger charge is 2.27. The number of piperidine rings is 1. The average molecular weight is 360 g/mol. The second-order valence-corrected chi connectivity index (χ2v) is 8.03. The van der Waals surface area contributed by atoms with E-state index in [1.54, 1.807) is 0 Å². The monoisotopic (exact) mass is 359 g/mol. The standard InChI is InChI=1S/C20H26ClN3O/c1-14-5-3-4-9-23(14)20(25)13-24-18-7-6-15(21)11-16(18)17-12-22(2)10-8-19(17)24/h6-7,11,14H,3-5,8-10,12-13H2,1-2H3. The zero-order valence-electron chi connectivity index (χ0n) is 15.1. The van der Waals surface area contributed by atoms with Crippen molar-refractivity contribution in [2.45, 2.75) is 51.7 Å². The summed E-state index contributed by atoms with van der Waals surface area (Å²) in [6, 6.07) is 6.42. The van der Waals surface area contributed by atoms with Gasteiger partial charge in [0.15, 0.2) is 0 Å². The Labute approximate surface area is 154 Å². The molecule has 25 heavy (non-hydrogen) atoms. The first-order valence-corrected chi connectivity index (χ1v) is 9.70. The summed E-state index contributed by atoms with van der Waals surface area (Å²) in [5, 5.41) is 1.96. The van der Waals surface area contributed by atoms with Crippen LogP contribution in [0.25, 0.3) is 10.9 Å². The van der Waals surface area contributed by atoms with Crippen molar-refractivity contribution in [3.63, 3.8) is 0 Å². The van der Waals surface area contributed by atoms with Crippen molar-refractivity contribution in [2.75, 3.05) is 20.1 Å². The van der Waals surface area contributed by atoms with Crippen LogP contribution in [0.2, 0.25) is 5.02 Å². The normalized spacial score (nSPS) is 21.6. The number of likely N-dealkylation sites (N-methyl/N-ethyl adjacent to an activating group) is 1. The molecule has 0 aliphatic carbocycles. The number of hydrogen-bond acceptors (Lipinski definition) is 2. The number of hydrogen-bond donors (Lipinski definition) is 0. The molecule has 0 radical (unpaired) electrons. The zero-order valence-corrected chi connectivity index (χ0v) is 15.9. The first-order valence-electron chi connectivity index (χ1n) is 9.32. The summed E-state index contributed by atoms with van der Waals surface area (Å²) >= 11 is 6.26. The molecule has 0 N–H and O–H groups in total. The Morgan fingerprint density at radius 1 is 1.28 bits per heavy atom. The van der Waals surface area contributed by atoms with Crippen LogP contribution in [0.15, 0.2) is 18.2 Å². The molecule has 0 bridgehead atoms. The summed E-state index contributed by atoms with van der Waals surface area (Å²) in [5.41, 5.74) is 3.79. The van der Waals surface area contributed by atoms with Crippen molar-refractivity contribution < 1.29 is 4.79 Å². The Morgan fingerprint density at radius 3 is 2.92 bits per heavy atom. The van der Waals surface area contributed by atoms with Crippen LogP contribution in [0.3, 0.4) is 0 Å². The van der Waals surface area contributed by atoms with Gasteiger partial charge < -0.3 is 14.4 Å². The minimum atomic E-state index is 0.251. The molecular formula is C20H26ClN3O. The van der Waals surface area contributed by atoms with Crippen LogP contribution in [0.4, 0.5) is 0 Å². The van der Waals surface area contributed by atoms with Crippen LogP contribution in [-0.2, 0) is 24.3 Å². The number of rotatable bonds is 2. The number of fused-ring (bicyclic) bond motifs is 3. The summed E-state index contributed by atoms with van der Waals surface area (Å²) in [6.07, 6.45) is 4.47. The first kappa shape index (κ1) is 16.9. The fourth-order valence-corrected chi connectivity index (χ4v) is 4.60. The summed E-state index contributed by atoms with van der Waals surface area (Å²) in [7, 11) is 2.15. The Balaban J connectivity index is 1.73. The Morgan fingerprint density at radius 2 is 2.12 bits per heavy atom. The molecule has 1 aromatic heterocycles. The first-order chi connectivity index (χ1) is 12.0. The highest BCUT2D eigenvalue weighted by atomic mass is 35.5. The van der Waals surface area contributed by atoms with E-state index in [4.69, 9.17) is 11.6 Å². The van der Waals surface area contributed by atoms with Gasteiger partial charge in [-0.15, -0.1) is 0 Å². The molecule has 1 saturated heterocycles. The van der Waals surface area contributed by atoms with Gasteiger partial charge in [-0.1, -0.05) is 11.6 Å². The van der Waals surface area contributed by atoms with Gasteiger partial charge in [0.05, 0.1) is 0 Å². The average Bonchev–Trinajstić information content (AvgIpc) is 2.88. The zero-order chi connectivity index (χ0) is 17.6. The number of amides is 1. The van der Waals surface area contributed by atoms with Gasteiger partial charge in [0.2, 0.25) is 5.91 Å². The van der Waals surface area contributed by atoms with Gasteiger partial charge in [0, 0.05) is 53.7 Å². The van der Waals surface area contributed by atoms with Gasteiger partial charge in [0.25, 0.3) is 0 Å². The van der Waals surface area contributed by atoms with Crippen LogP contribution in [0, 0.1) is 0 Å². The lowest BCUT2D eigenvalue weighted by Crippen LogP contribution is -2.43. The highest BCUT2D eigenvalue weighted by molar-refractivity contribution is 6.31. The van der Waals surface area contributed by atoms with E-state index >= 15 is 0 Å². The van der Waals surface area contributed by atoms with Crippen LogP contribution in [0.5, 0.6) is 0 Å². The molecule has 1 aromatic carbocycles. The van der Waals surface area contributed by atoms with Gasteiger partial charge in [0.1, 0.15) is 6.54 Å². The second kappa shape index (κ2) is 6.65. The molecule has 2 aliphatic rings. The van der Waals surface area contributed by atoms with Gasteiger partial charge >= 0.3 is 0 Å². The molecule has 1 amide bonds. The lowest BCUT2D eigenvalue weighted by atomic mass is 10.0. The molecule has 0 spiro atoms. The number of likely N-dealkylation sites (tertiary alicyclic amines) is 1. The van der Waals surface area contributed by atoms with Crippen molar-refractivity contribution >= 4 is 28.4 Å². The fraction of sp³-hybridized carbons (Fsp3) is 0.550. The predicted molar refractivity (Wildman–Crippen MR) is 102 cm³/mol. The number of carbonyl (C=O) groups is 1. The third-order valence-corrected chi connectivity index (χ3v) is 6.06. The lowest BCUT2D eigenvalue weighted by Gasteiger charge is -2.34. The van der Waals surface area contributed by atoms with Crippen molar-refractivity contribution in [2.24, 2.45) is 0 Å². The van der Waals surface area contributed by atoms with Gasteiger partial charge in [-0.25, -0.2) is 0 Å². The molecule has 134 valence electrons. The maximum Gasteiger partial charge on any atom is 0.242 e. The Hall–Kier alpha value is -1.52. The molecule has 2 aliphatic heterocycles. The maximum absolute atomic E-state index is 13.0. The molecule has 3 heterocycles.